The summed E-state index contributed by atoms with van der Waals surface area (Å²) >= 11 is 0. The summed E-state index contributed by atoms with van der Waals surface area (Å²) in [6, 6.07) is 0. The zero-order valence-corrected chi connectivity index (χ0v) is 12.7. The predicted octanol–water partition coefficient (Wildman–Crippen LogP) is 3.24. The lowest BCUT2D eigenvalue weighted by molar-refractivity contribution is -0.138. The van der Waals surface area contributed by atoms with Crippen molar-refractivity contribution >= 4 is 11.9 Å². The van der Waals surface area contributed by atoms with Gasteiger partial charge in [0.2, 0.25) is 0 Å². The third-order valence-electron chi connectivity index (χ3n) is 2.73. The molecule has 0 atom stereocenters. The van der Waals surface area contributed by atoms with Crippen molar-refractivity contribution in [3.05, 3.63) is 0 Å². The molecule has 0 saturated carbocycles. The average Bonchev–Trinajstić information content (AvgIpc) is 2.44. The number of esters is 2. The lowest BCUT2D eigenvalue weighted by Gasteiger charge is -2.00. The van der Waals surface area contributed by atoms with Crippen LogP contribution in [0.5, 0.6) is 0 Å². The van der Waals surface area contributed by atoms with Gasteiger partial charge in [-0.05, 0) is 12.8 Å². The molecule has 0 unspecified atom stereocenters. The van der Waals surface area contributed by atoms with Crippen molar-refractivity contribution in [3.63, 3.8) is 0 Å². The smallest absolute Gasteiger partial charge is 0.384 e. The van der Waals surface area contributed by atoms with E-state index in [1.165, 1.54) is 0 Å². The molecule has 0 aromatic rings. The Morgan fingerprint density at radius 2 is 1.10 bits per heavy atom. The molecule has 0 spiro atoms. The van der Waals surface area contributed by atoms with Gasteiger partial charge in [-0.2, -0.15) is 0 Å². The van der Waals surface area contributed by atoms with Gasteiger partial charge in [0.15, 0.2) is 0 Å². The molecular weight excluding hydrogens is 256 g/mol. The fourth-order valence-corrected chi connectivity index (χ4v) is 1.56. The third-order valence-corrected chi connectivity index (χ3v) is 2.73. The Kier molecular flexibility index (Phi) is 12.9. The standard InChI is InChI=1S/C16H26O4/c1-3-5-7-9-13-19-15(17)11-12-16(18)20-14-10-8-6-4-2/h3-10,13-14H2,1-2H3. The van der Waals surface area contributed by atoms with Crippen LogP contribution in [0.25, 0.3) is 0 Å². The van der Waals surface area contributed by atoms with E-state index in [0.717, 1.165) is 51.4 Å². The van der Waals surface area contributed by atoms with Crippen LogP contribution in [0.1, 0.15) is 65.2 Å². The summed E-state index contributed by atoms with van der Waals surface area (Å²) in [6.45, 7) is 4.95. The van der Waals surface area contributed by atoms with Crippen LogP contribution in [-0.2, 0) is 19.1 Å². The zero-order chi connectivity index (χ0) is 15.1. The highest BCUT2D eigenvalue weighted by atomic mass is 16.5. The molecular formula is C16H26O4. The fourth-order valence-electron chi connectivity index (χ4n) is 1.56. The van der Waals surface area contributed by atoms with Crippen LogP contribution in [0, 0.1) is 11.8 Å². The molecule has 0 heterocycles. The molecule has 0 aliphatic rings. The van der Waals surface area contributed by atoms with Crippen LogP contribution in [0.15, 0.2) is 0 Å². The molecule has 4 heteroatoms. The van der Waals surface area contributed by atoms with Crippen molar-refractivity contribution in [2.24, 2.45) is 0 Å². The summed E-state index contributed by atoms with van der Waals surface area (Å²) in [7, 11) is 0. The minimum atomic E-state index is -0.663. The summed E-state index contributed by atoms with van der Waals surface area (Å²) < 4.78 is 9.75. The van der Waals surface area contributed by atoms with E-state index in [1.54, 1.807) is 0 Å². The lowest BCUT2D eigenvalue weighted by atomic mass is 10.2. The summed E-state index contributed by atoms with van der Waals surface area (Å²) in [5.74, 6) is 2.95. The number of carbonyl (C=O) groups excluding carboxylic acids is 2. The van der Waals surface area contributed by atoms with Gasteiger partial charge in [0.1, 0.15) is 0 Å². The van der Waals surface area contributed by atoms with E-state index < -0.39 is 11.9 Å². The maximum absolute atomic E-state index is 11.2. The highest BCUT2D eigenvalue weighted by molar-refractivity contribution is 5.98. The number of ether oxygens (including phenoxy) is 2. The van der Waals surface area contributed by atoms with Gasteiger partial charge >= 0.3 is 11.9 Å². The molecule has 0 radical (unpaired) electrons. The van der Waals surface area contributed by atoms with Gasteiger partial charge in [-0.25, -0.2) is 9.59 Å². The van der Waals surface area contributed by atoms with Gasteiger partial charge in [-0.3, -0.25) is 0 Å². The van der Waals surface area contributed by atoms with Crippen LogP contribution in [-0.4, -0.2) is 25.2 Å². The van der Waals surface area contributed by atoms with E-state index >= 15 is 0 Å². The average molecular weight is 282 g/mol. The first kappa shape index (κ1) is 18.5. The largest absolute Gasteiger partial charge is 0.456 e. The van der Waals surface area contributed by atoms with Crippen LogP contribution in [0.3, 0.4) is 0 Å². The van der Waals surface area contributed by atoms with Gasteiger partial charge in [0.25, 0.3) is 0 Å². The van der Waals surface area contributed by atoms with Crippen LogP contribution in [0.2, 0.25) is 0 Å². The summed E-state index contributed by atoms with van der Waals surface area (Å²) in [6.07, 6.45) is 8.29. The van der Waals surface area contributed by atoms with Crippen LogP contribution < -0.4 is 0 Å². The Labute approximate surface area is 122 Å². The maximum atomic E-state index is 11.2. The first-order valence-electron chi connectivity index (χ1n) is 7.56. The Morgan fingerprint density at radius 1 is 0.700 bits per heavy atom. The Hall–Kier alpha value is -1.50. The van der Waals surface area contributed by atoms with Gasteiger partial charge in [0, 0.05) is 11.8 Å². The molecule has 0 bridgehead atoms. The maximum Gasteiger partial charge on any atom is 0.384 e. The highest BCUT2D eigenvalue weighted by Gasteiger charge is 2.00. The molecule has 0 fully saturated rings. The second kappa shape index (κ2) is 13.9. The van der Waals surface area contributed by atoms with E-state index in [1.807, 2.05) is 0 Å². The molecule has 0 amide bonds. The van der Waals surface area contributed by atoms with Crippen molar-refractivity contribution < 1.29 is 19.1 Å². The molecule has 114 valence electrons. The fraction of sp³-hybridized carbons (Fsp3) is 0.750. The zero-order valence-electron chi connectivity index (χ0n) is 12.7. The van der Waals surface area contributed by atoms with Gasteiger partial charge in [-0.15, -0.1) is 0 Å². The lowest BCUT2D eigenvalue weighted by Crippen LogP contribution is -2.06. The Balaban J connectivity index is 3.60. The second-order valence-electron chi connectivity index (χ2n) is 4.64. The molecule has 0 aliphatic carbocycles. The monoisotopic (exact) mass is 282 g/mol. The molecule has 0 aromatic heterocycles. The normalized spacial score (nSPS) is 9.50. The van der Waals surface area contributed by atoms with E-state index in [-0.39, 0.29) is 0 Å². The van der Waals surface area contributed by atoms with E-state index in [2.05, 4.69) is 25.7 Å². The molecule has 0 aromatic carbocycles. The molecule has 20 heavy (non-hydrogen) atoms. The first-order valence-corrected chi connectivity index (χ1v) is 7.56. The van der Waals surface area contributed by atoms with Crippen molar-refractivity contribution in [3.8, 4) is 11.8 Å². The van der Waals surface area contributed by atoms with E-state index in [0.29, 0.717) is 13.2 Å². The highest BCUT2D eigenvalue weighted by Crippen LogP contribution is 1.99. The Bertz CT molecular complexity index is 295. The van der Waals surface area contributed by atoms with E-state index in [4.69, 9.17) is 9.47 Å². The first-order chi connectivity index (χ1) is 9.70. The molecule has 4 nitrogen and oxygen atoms in total. The minimum absolute atomic E-state index is 0.361. The van der Waals surface area contributed by atoms with Crippen LogP contribution >= 0.6 is 0 Å². The van der Waals surface area contributed by atoms with Crippen molar-refractivity contribution in [1.82, 2.24) is 0 Å². The molecule has 0 aliphatic heterocycles. The summed E-state index contributed by atoms with van der Waals surface area (Å²) in [5, 5.41) is 0. The number of hydrogen-bond acceptors (Lipinski definition) is 4. The van der Waals surface area contributed by atoms with E-state index in [9.17, 15) is 9.59 Å². The van der Waals surface area contributed by atoms with Crippen LogP contribution in [0.4, 0.5) is 0 Å². The number of hydrogen-bond donors (Lipinski definition) is 0. The number of rotatable bonds is 10. The molecule has 0 rings (SSSR count). The number of carbonyl (C=O) groups is 2. The second-order valence-corrected chi connectivity index (χ2v) is 4.64. The summed E-state index contributed by atoms with van der Waals surface area (Å²) in [4.78, 5) is 22.4. The summed E-state index contributed by atoms with van der Waals surface area (Å²) in [5.41, 5.74) is 0. The van der Waals surface area contributed by atoms with Crippen molar-refractivity contribution in [2.75, 3.05) is 13.2 Å². The number of unbranched alkanes of at least 4 members (excludes halogenated alkanes) is 6. The SMILES string of the molecule is CCCCCCOC(=O)C#CC(=O)OCCCCCC. The van der Waals surface area contributed by atoms with Gasteiger partial charge in [-0.1, -0.05) is 52.4 Å². The van der Waals surface area contributed by atoms with Gasteiger partial charge < -0.3 is 9.47 Å². The topological polar surface area (TPSA) is 52.6 Å². The van der Waals surface area contributed by atoms with Gasteiger partial charge in [0.05, 0.1) is 13.2 Å². The minimum Gasteiger partial charge on any atom is -0.456 e. The third kappa shape index (κ3) is 12.9. The predicted molar refractivity (Wildman–Crippen MR) is 78.0 cm³/mol. The quantitative estimate of drug-likeness (QED) is 0.267. The van der Waals surface area contributed by atoms with Crippen molar-refractivity contribution in [1.29, 1.82) is 0 Å². The molecule has 0 saturated heterocycles. The van der Waals surface area contributed by atoms with Crippen molar-refractivity contribution in [2.45, 2.75) is 65.2 Å². The molecule has 0 N–H and O–H groups in total. The Morgan fingerprint density at radius 3 is 1.45 bits per heavy atom.